The fourth-order valence-electron chi connectivity index (χ4n) is 3.10. The van der Waals surface area contributed by atoms with E-state index >= 15 is 0 Å². The molecule has 0 aliphatic rings. The van der Waals surface area contributed by atoms with Gasteiger partial charge in [-0.1, -0.05) is 55.8 Å². The van der Waals surface area contributed by atoms with E-state index in [4.69, 9.17) is 11.6 Å². The van der Waals surface area contributed by atoms with Gasteiger partial charge in [0.1, 0.15) is 10.6 Å². The van der Waals surface area contributed by atoms with Crippen LogP contribution in [0.4, 0.5) is 5.82 Å². The van der Waals surface area contributed by atoms with Crippen LogP contribution >= 0.6 is 38.9 Å². The molecule has 0 saturated heterocycles. The van der Waals surface area contributed by atoms with Crippen LogP contribution in [0.1, 0.15) is 27.7 Å². The Hall–Kier alpha value is -1.17. The van der Waals surface area contributed by atoms with Gasteiger partial charge in [-0.25, -0.2) is 4.98 Å². The number of rotatable bonds is 6. The molecular weight excluding hydrogens is 430 g/mol. The second-order valence-corrected chi connectivity index (χ2v) is 9.46. The summed E-state index contributed by atoms with van der Waals surface area (Å²) >= 11 is 11.4. The lowest BCUT2D eigenvalue weighted by Crippen LogP contribution is -2.32. The van der Waals surface area contributed by atoms with Crippen molar-refractivity contribution in [3.8, 4) is 11.1 Å². The zero-order chi connectivity index (χ0) is 18.8. The Kier molecular flexibility index (Phi) is 6.21. The van der Waals surface area contributed by atoms with E-state index in [0.717, 1.165) is 33.6 Å². The predicted molar refractivity (Wildman–Crippen MR) is 117 cm³/mol. The van der Waals surface area contributed by atoms with Crippen LogP contribution in [0.2, 0.25) is 5.28 Å². The summed E-state index contributed by atoms with van der Waals surface area (Å²) in [6.07, 6.45) is 0. The molecule has 3 nitrogen and oxygen atoms in total. The lowest BCUT2D eigenvalue weighted by molar-refractivity contribution is 0.550. The lowest BCUT2D eigenvalue weighted by atomic mass is 10.1. The minimum atomic E-state index is 0.314. The summed E-state index contributed by atoms with van der Waals surface area (Å²) in [4.78, 5) is 12.4. The van der Waals surface area contributed by atoms with E-state index in [1.54, 1.807) is 11.3 Å². The molecule has 2 aromatic heterocycles. The number of fused-ring (bicyclic) bond motifs is 1. The Labute approximate surface area is 172 Å². The van der Waals surface area contributed by atoms with Gasteiger partial charge in [0.25, 0.3) is 0 Å². The SMILES string of the molecule is CC(C)CN(CC(C)C)c1nc(Cl)nc2scc(-c3ccc(Br)cc3)c12. The van der Waals surface area contributed by atoms with Crippen LogP contribution in [0.25, 0.3) is 21.3 Å². The average molecular weight is 453 g/mol. The monoisotopic (exact) mass is 451 g/mol. The fraction of sp³-hybridized carbons (Fsp3) is 0.400. The van der Waals surface area contributed by atoms with Crippen LogP contribution < -0.4 is 4.90 Å². The van der Waals surface area contributed by atoms with Crippen molar-refractivity contribution in [1.29, 1.82) is 0 Å². The molecule has 138 valence electrons. The molecule has 0 atom stereocenters. The summed E-state index contributed by atoms with van der Waals surface area (Å²) in [6, 6.07) is 8.38. The van der Waals surface area contributed by atoms with Gasteiger partial charge in [0.2, 0.25) is 5.28 Å². The summed E-state index contributed by atoms with van der Waals surface area (Å²) in [6.45, 7) is 10.8. The van der Waals surface area contributed by atoms with Gasteiger partial charge < -0.3 is 4.90 Å². The highest BCUT2D eigenvalue weighted by atomic mass is 79.9. The number of aromatic nitrogens is 2. The summed E-state index contributed by atoms with van der Waals surface area (Å²) in [5.74, 6) is 2.01. The van der Waals surface area contributed by atoms with Gasteiger partial charge in [0.15, 0.2) is 0 Å². The van der Waals surface area contributed by atoms with Crippen molar-refractivity contribution in [3.63, 3.8) is 0 Å². The fourth-order valence-corrected chi connectivity index (χ4v) is 4.52. The summed E-state index contributed by atoms with van der Waals surface area (Å²) in [7, 11) is 0. The van der Waals surface area contributed by atoms with Gasteiger partial charge in [-0.2, -0.15) is 4.98 Å². The van der Waals surface area contributed by atoms with Gasteiger partial charge in [0.05, 0.1) is 5.39 Å². The van der Waals surface area contributed by atoms with Crippen LogP contribution in [0.15, 0.2) is 34.1 Å². The van der Waals surface area contributed by atoms with E-state index in [-0.39, 0.29) is 0 Å². The van der Waals surface area contributed by atoms with E-state index in [1.165, 1.54) is 11.1 Å². The maximum atomic E-state index is 6.27. The third kappa shape index (κ3) is 4.38. The smallest absolute Gasteiger partial charge is 0.225 e. The third-order valence-electron chi connectivity index (χ3n) is 4.01. The quantitative estimate of drug-likeness (QED) is 0.381. The number of nitrogens with zero attached hydrogens (tertiary/aromatic N) is 3. The van der Waals surface area contributed by atoms with E-state index in [9.17, 15) is 0 Å². The standard InChI is InChI=1S/C20H23BrClN3S/c1-12(2)9-25(10-13(3)4)18-17-16(14-5-7-15(21)8-6-14)11-26-19(17)24-20(22)23-18/h5-8,11-13H,9-10H2,1-4H3. The highest BCUT2D eigenvalue weighted by Gasteiger charge is 2.21. The molecule has 0 N–H and O–H groups in total. The number of hydrogen-bond acceptors (Lipinski definition) is 4. The minimum Gasteiger partial charge on any atom is -0.355 e. The van der Waals surface area contributed by atoms with E-state index in [2.05, 4.69) is 88.1 Å². The van der Waals surface area contributed by atoms with Crippen molar-refractivity contribution in [2.24, 2.45) is 11.8 Å². The molecule has 0 spiro atoms. The third-order valence-corrected chi connectivity index (χ3v) is 5.58. The first kappa shape index (κ1) is 19.6. The molecule has 6 heteroatoms. The van der Waals surface area contributed by atoms with Gasteiger partial charge in [-0.15, -0.1) is 11.3 Å². The molecule has 0 bridgehead atoms. The minimum absolute atomic E-state index is 0.314. The highest BCUT2D eigenvalue weighted by Crippen LogP contribution is 2.39. The average Bonchev–Trinajstić information content (AvgIpc) is 2.97. The van der Waals surface area contributed by atoms with Crippen molar-refractivity contribution >= 4 is 54.9 Å². The van der Waals surface area contributed by atoms with Crippen LogP contribution in [0.5, 0.6) is 0 Å². The summed E-state index contributed by atoms with van der Waals surface area (Å²) in [5, 5.41) is 3.57. The van der Waals surface area contributed by atoms with E-state index < -0.39 is 0 Å². The zero-order valence-corrected chi connectivity index (χ0v) is 18.6. The molecule has 26 heavy (non-hydrogen) atoms. The van der Waals surface area contributed by atoms with Crippen molar-refractivity contribution in [2.75, 3.05) is 18.0 Å². The molecule has 0 aliphatic carbocycles. The molecule has 1 aromatic carbocycles. The van der Waals surface area contributed by atoms with Crippen LogP contribution in [-0.2, 0) is 0 Å². The van der Waals surface area contributed by atoms with Gasteiger partial charge in [-0.05, 0) is 41.1 Å². The second-order valence-electron chi connectivity index (χ2n) is 7.35. The molecule has 3 aromatic rings. The molecular formula is C20H23BrClN3S. The van der Waals surface area contributed by atoms with E-state index in [1.807, 2.05) is 0 Å². The Bertz CT molecular complexity index is 880. The van der Waals surface area contributed by atoms with Gasteiger partial charge >= 0.3 is 0 Å². The maximum absolute atomic E-state index is 6.27. The molecule has 0 radical (unpaired) electrons. The largest absolute Gasteiger partial charge is 0.355 e. The topological polar surface area (TPSA) is 29.0 Å². The molecule has 0 amide bonds. The molecule has 0 unspecified atom stereocenters. The van der Waals surface area contributed by atoms with Crippen molar-refractivity contribution in [3.05, 3.63) is 39.4 Å². The Morgan fingerprint density at radius 3 is 2.23 bits per heavy atom. The molecule has 2 heterocycles. The Balaban J connectivity index is 2.19. The molecule has 3 rings (SSSR count). The van der Waals surface area contributed by atoms with Gasteiger partial charge in [0, 0.05) is 28.5 Å². The Morgan fingerprint density at radius 1 is 1.04 bits per heavy atom. The van der Waals surface area contributed by atoms with Crippen molar-refractivity contribution in [1.82, 2.24) is 9.97 Å². The van der Waals surface area contributed by atoms with Gasteiger partial charge in [-0.3, -0.25) is 0 Å². The van der Waals surface area contributed by atoms with Crippen LogP contribution in [-0.4, -0.2) is 23.1 Å². The summed E-state index contributed by atoms with van der Waals surface area (Å²) < 4.78 is 1.07. The first-order valence-electron chi connectivity index (χ1n) is 8.80. The van der Waals surface area contributed by atoms with Crippen LogP contribution in [0.3, 0.4) is 0 Å². The van der Waals surface area contributed by atoms with E-state index in [0.29, 0.717) is 17.1 Å². The first-order valence-corrected chi connectivity index (χ1v) is 10.9. The zero-order valence-electron chi connectivity index (χ0n) is 15.5. The predicted octanol–water partition coefficient (Wildman–Crippen LogP) is 6.89. The Morgan fingerprint density at radius 2 is 1.65 bits per heavy atom. The van der Waals surface area contributed by atoms with Crippen molar-refractivity contribution < 1.29 is 0 Å². The first-order chi connectivity index (χ1) is 12.3. The number of anilines is 1. The number of benzene rings is 1. The highest BCUT2D eigenvalue weighted by molar-refractivity contribution is 9.10. The maximum Gasteiger partial charge on any atom is 0.225 e. The normalized spacial score (nSPS) is 11.7. The molecule has 0 saturated carbocycles. The number of thiophene rings is 1. The summed E-state index contributed by atoms with van der Waals surface area (Å²) in [5.41, 5.74) is 2.34. The van der Waals surface area contributed by atoms with Crippen LogP contribution in [0, 0.1) is 11.8 Å². The number of hydrogen-bond donors (Lipinski definition) is 0. The molecule has 0 aliphatic heterocycles. The number of halogens is 2. The van der Waals surface area contributed by atoms with Crippen molar-refractivity contribution in [2.45, 2.75) is 27.7 Å². The molecule has 0 fully saturated rings. The lowest BCUT2D eigenvalue weighted by Gasteiger charge is -2.28. The second kappa shape index (κ2) is 8.24.